The Balaban J connectivity index is 2.34. The van der Waals surface area contributed by atoms with Crippen molar-refractivity contribution in [3.8, 4) is 0 Å². The maximum absolute atomic E-state index is 10.9. The molecule has 0 bridgehead atoms. The zero-order valence-electron chi connectivity index (χ0n) is 11.1. The SMILES string of the molecule is Cc1ccc(N(C)c2ncc(C(=O)O)c(C)n2)cc1. The largest absolute Gasteiger partial charge is 0.478 e. The van der Waals surface area contributed by atoms with Gasteiger partial charge in [-0.25, -0.2) is 14.8 Å². The number of hydrogen-bond donors (Lipinski definition) is 1. The van der Waals surface area contributed by atoms with Crippen molar-refractivity contribution in [1.29, 1.82) is 0 Å². The van der Waals surface area contributed by atoms with Crippen LogP contribution < -0.4 is 4.90 Å². The minimum Gasteiger partial charge on any atom is -0.478 e. The molecule has 0 saturated carbocycles. The van der Waals surface area contributed by atoms with Crippen LogP contribution in [-0.4, -0.2) is 28.1 Å². The molecule has 2 aromatic rings. The van der Waals surface area contributed by atoms with Gasteiger partial charge in [-0.1, -0.05) is 17.7 Å². The van der Waals surface area contributed by atoms with E-state index in [0.29, 0.717) is 11.6 Å². The molecule has 19 heavy (non-hydrogen) atoms. The lowest BCUT2D eigenvalue weighted by Gasteiger charge is -2.17. The number of rotatable bonds is 3. The monoisotopic (exact) mass is 257 g/mol. The minimum atomic E-state index is -1.01. The van der Waals surface area contributed by atoms with E-state index in [1.165, 1.54) is 11.8 Å². The van der Waals surface area contributed by atoms with E-state index in [4.69, 9.17) is 5.11 Å². The first-order valence-corrected chi connectivity index (χ1v) is 5.86. The highest BCUT2D eigenvalue weighted by Gasteiger charge is 2.12. The van der Waals surface area contributed by atoms with E-state index in [-0.39, 0.29) is 5.56 Å². The quantitative estimate of drug-likeness (QED) is 0.915. The molecule has 0 unspecified atom stereocenters. The van der Waals surface area contributed by atoms with Gasteiger partial charge >= 0.3 is 5.97 Å². The zero-order chi connectivity index (χ0) is 14.0. The molecule has 0 aliphatic rings. The van der Waals surface area contributed by atoms with Crippen molar-refractivity contribution in [2.24, 2.45) is 0 Å². The number of hydrogen-bond acceptors (Lipinski definition) is 4. The average Bonchev–Trinajstić information content (AvgIpc) is 2.38. The fourth-order valence-electron chi connectivity index (χ4n) is 1.71. The van der Waals surface area contributed by atoms with Gasteiger partial charge in [-0.2, -0.15) is 0 Å². The molecule has 5 nitrogen and oxygen atoms in total. The Morgan fingerprint density at radius 3 is 2.37 bits per heavy atom. The number of benzene rings is 1. The van der Waals surface area contributed by atoms with Gasteiger partial charge in [0.2, 0.25) is 5.95 Å². The number of aromatic carboxylic acids is 1. The van der Waals surface area contributed by atoms with Gasteiger partial charge in [-0.15, -0.1) is 0 Å². The maximum Gasteiger partial charge on any atom is 0.339 e. The van der Waals surface area contributed by atoms with Gasteiger partial charge in [-0.3, -0.25) is 0 Å². The summed E-state index contributed by atoms with van der Waals surface area (Å²) in [6, 6.07) is 7.95. The molecule has 1 N–H and O–H groups in total. The van der Waals surface area contributed by atoms with E-state index in [2.05, 4.69) is 9.97 Å². The van der Waals surface area contributed by atoms with Crippen LogP contribution in [-0.2, 0) is 0 Å². The third-order valence-electron chi connectivity index (χ3n) is 2.92. The molecule has 1 aromatic carbocycles. The van der Waals surface area contributed by atoms with Crippen molar-refractivity contribution < 1.29 is 9.90 Å². The van der Waals surface area contributed by atoms with Crippen LogP contribution in [0.4, 0.5) is 11.6 Å². The number of nitrogens with zero attached hydrogens (tertiary/aromatic N) is 3. The molecule has 1 heterocycles. The molecule has 98 valence electrons. The predicted molar refractivity (Wildman–Crippen MR) is 73.0 cm³/mol. The molecule has 0 saturated heterocycles. The van der Waals surface area contributed by atoms with Crippen LogP contribution in [0.15, 0.2) is 30.5 Å². The van der Waals surface area contributed by atoms with Crippen LogP contribution in [0.1, 0.15) is 21.6 Å². The van der Waals surface area contributed by atoms with Crippen LogP contribution in [0, 0.1) is 13.8 Å². The van der Waals surface area contributed by atoms with Gasteiger partial charge in [-0.05, 0) is 26.0 Å². The van der Waals surface area contributed by atoms with E-state index in [9.17, 15) is 4.79 Å². The van der Waals surface area contributed by atoms with E-state index in [1.807, 2.05) is 43.1 Å². The molecule has 0 spiro atoms. The second-order valence-electron chi connectivity index (χ2n) is 4.37. The average molecular weight is 257 g/mol. The van der Waals surface area contributed by atoms with Gasteiger partial charge in [0.05, 0.1) is 11.3 Å². The smallest absolute Gasteiger partial charge is 0.339 e. The summed E-state index contributed by atoms with van der Waals surface area (Å²) in [5.74, 6) is -0.534. The van der Waals surface area contributed by atoms with Gasteiger partial charge in [0, 0.05) is 18.9 Å². The second kappa shape index (κ2) is 5.06. The number of carboxylic acids is 1. The van der Waals surface area contributed by atoms with E-state index in [1.54, 1.807) is 6.92 Å². The highest BCUT2D eigenvalue weighted by atomic mass is 16.4. The Hall–Kier alpha value is -2.43. The fourth-order valence-corrected chi connectivity index (χ4v) is 1.71. The van der Waals surface area contributed by atoms with Gasteiger partial charge < -0.3 is 10.0 Å². The lowest BCUT2D eigenvalue weighted by Crippen LogP contribution is -2.15. The third kappa shape index (κ3) is 2.70. The van der Waals surface area contributed by atoms with Crippen molar-refractivity contribution in [2.75, 3.05) is 11.9 Å². The van der Waals surface area contributed by atoms with Crippen molar-refractivity contribution in [1.82, 2.24) is 9.97 Å². The highest BCUT2D eigenvalue weighted by Crippen LogP contribution is 2.21. The maximum atomic E-state index is 10.9. The van der Waals surface area contributed by atoms with Crippen LogP contribution >= 0.6 is 0 Å². The summed E-state index contributed by atoms with van der Waals surface area (Å²) in [5, 5.41) is 8.95. The molecule has 0 fully saturated rings. The molecule has 0 aliphatic carbocycles. The lowest BCUT2D eigenvalue weighted by atomic mass is 10.2. The number of aryl methyl sites for hydroxylation is 2. The Labute approximate surface area is 111 Å². The Bertz CT molecular complexity index is 609. The normalized spacial score (nSPS) is 10.3. The van der Waals surface area contributed by atoms with Gasteiger partial charge in [0.25, 0.3) is 0 Å². The predicted octanol–water partition coefficient (Wildman–Crippen LogP) is 2.56. The van der Waals surface area contributed by atoms with E-state index < -0.39 is 5.97 Å². The van der Waals surface area contributed by atoms with E-state index >= 15 is 0 Å². The number of anilines is 2. The Kier molecular flexibility index (Phi) is 3.46. The molecule has 0 amide bonds. The molecule has 0 radical (unpaired) electrons. The van der Waals surface area contributed by atoms with Crippen molar-refractivity contribution in [3.63, 3.8) is 0 Å². The van der Waals surface area contributed by atoms with Crippen LogP contribution in [0.25, 0.3) is 0 Å². The van der Waals surface area contributed by atoms with Crippen LogP contribution in [0.2, 0.25) is 0 Å². The minimum absolute atomic E-state index is 0.126. The van der Waals surface area contributed by atoms with Crippen LogP contribution in [0.5, 0.6) is 0 Å². The summed E-state index contributed by atoms with van der Waals surface area (Å²) in [4.78, 5) is 21.1. The van der Waals surface area contributed by atoms with Gasteiger partial charge in [0.15, 0.2) is 0 Å². The topological polar surface area (TPSA) is 66.3 Å². The summed E-state index contributed by atoms with van der Waals surface area (Å²) < 4.78 is 0. The first-order valence-electron chi connectivity index (χ1n) is 5.86. The van der Waals surface area contributed by atoms with Crippen LogP contribution in [0.3, 0.4) is 0 Å². The van der Waals surface area contributed by atoms with Crippen molar-refractivity contribution >= 4 is 17.6 Å². The second-order valence-corrected chi connectivity index (χ2v) is 4.37. The zero-order valence-corrected chi connectivity index (χ0v) is 11.1. The standard InChI is InChI=1S/C14H15N3O2/c1-9-4-6-11(7-5-9)17(3)14-15-8-12(13(18)19)10(2)16-14/h4-8H,1-3H3,(H,18,19). The highest BCUT2D eigenvalue weighted by molar-refractivity contribution is 5.88. The molecule has 0 atom stereocenters. The Morgan fingerprint density at radius 1 is 1.21 bits per heavy atom. The number of carbonyl (C=O) groups is 1. The summed E-state index contributed by atoms with van der Waals surface area (Å²) in [5.41, 5.74) is 2.71. The summed E-state index contributed by atoms with van der Waals surface area (Å²) in [6.45, 7) is 3.68. The summed E-state index contributed by atoms with van der Waals surface area (Å²) >= 11 is 0. The first kappa shape index (κ1) is 13.0. The lowest BCUT2D eigenvalue weighted by molar-refractivity contribution is 0.0695. The van der Waals surface area contributed by atoms with Crippen molar-refractivity contribution in [2.45, 2.75) is 13.8 Å². The first-order chi connectivity index (χ1) is 8.99. The van der Waals surface area contributed by atoms with E-state index in [0.717, 1.165) is 5.69 Å². The van der Waals surface area contributed by atoms with Gasteiger partial charge in [0.1, 0.15) is 0 Å². The molecular weight excluding hydrogens is 242 g/mol. The molecular formula is C14H15N3O2. The number of aromatic nitrogens is 2. The summed E-state index contributed by atoms with van der Waals surface area (Å²) in [6.07, 6.45) is 1.34. The summed E-state index contributed by atoms with van der Waals surface area (Å²) in [7, 11) is 1.85. The number of carboxylic acid groups (broad SMARTS) is 1. The Morgan fingerprint density at radius 2 is 1.84 bits per heavy atom. The molecule has 2 rings (SSSR count). The molecule has 1 aromatic heterocycles. The fraction of sp³-hybridized carbons (Fsp3) is 0.214. The molecule has 5 heteroatoms. The van der Waals surface area contributed by atoms with Crippen molar-refractivity contribution in [3.05, 3.63) is 47.3 Å². The third-order valence-corrected chi connectivity index (χ3v) is 2.92. The molecule has 0 aliphatic heterocycles.